The van der Waals surface area contributed by atoms with Gasteiger partial charge in [-0.25, -0.2) is 9.78 Å². The summed E-state index contributed by atoms with van der Waals surface area (Å²) in [4.78, 5) is 26.8. The molecule has 4 rings (SSSR count). The van der Waals surface area contributed by atoms with Crippen molar-refractivity contribution in [1.29, 1.82) is 0 Å². The van der Waals surface area contributed by atoms with E-state index in [1.807, 2.05) is 19.1 Å². The van der Waals surface area contributed by atoms with E-state index in [-0.39, 0.29) is 12.1 Å². The van der Waals surface area contributed by atoms with Gasteiger partial charge in [-0.3, -0.25) is 14.9 Å². The van der Waals surface area contributed by atoms with Gasteiger partial charge in [0.1, 0.15) is 11.0 Å². The molecule has 7 heteroatoms. The number of benzene rings is 1. The molecule has 1 fully saturated rings. The number of fused-ring (bicyclic) bond motifs is 3. The van der Waals surface area contributed by atoms with Crippen LogP contribution in [-0.2, 0) is 0 Å². The molecule has 20 heavy (non-hydrogen) atoms. The number of carbonyl (C=O) groups is 1. The van der Waals surface area contributed by atoms with Crippen molar-refractivity contribution in [1.82, 2.24) is 20.3 Å². The molecule has 1 N–H and O–H groups in total. The topological polar surface area (TPSA) is 71.0 Å². The molecule has 1 atom stereocenters. The lowest BCUT2D eigenvalue weighted by atomic mass is 10.3. The van der Waals surface area contributed by atoms with Gasteiger partial charge in [-0.05, 0) is 19.1 Å². The molecule has 1 saturated heterocycles. The second kappa shape index (κ2) is 4.11. The van der Waals surface area contributed by atoms with Crippen LogP contribution in [0.15, 0.2) is 24.5 Å². The monoisotopic (exact) mass is 285 g/mol. The minimum atomic E-state index is -0.0908. The molecule has 6 nitrogen and oxygen atoms in total. The molecule has 1 unspecified atom stereocenters. The van der Waals surface area contributed by atoms with Crippen molar-refractivity contribution in [2.45, 2.75) is 13.0 Å². The predicted molar refractivity (Wildman–Crippen MR) is 78.1 cm³/mol. The molecule has 0 aliphatic carbocycles. The van der Waals surface area contributed by atoms with Gasteiger partial charge in [0.25, 0.3) is 0 Å². The van der Waals surface area contributed by atoms with Crippen LogP contribution in [0.1, 0.15) is 6.92 Å². The zero-order valence-corrected chi connectivity index (χ0v) is 11.5. The third-order valence-corrected chi connectivity index (χ3v) is 4.42. The number of urea groups is 1. The number of aromatic nitrogens is 3. The Morgan fingerprint density at radius 3 is 2.95 bits per heavy atom. The summed E-state index contributed by atoms with van der Waals surface area (Å²) < 4.78 is 1.01. The smallest absolute Gasteiger partial charge is 0.324 e. The van der Waals surface area contributed by atoms with Gasteiger partial charge >= 0.3 is 6.03 Å². The third-order valence-electron chi connectivity index (χ3n) is 3.40. The van der Waals surface area contributed by atoms with Crippen molar-refractivity contribution in [3.05, 3.63) is 24.5 Å². The fourth-order valence-electron chi connectivity index (χ4n) is 2.40. The van der Waals surface area contributed by atoms with Crippen LogP contribution in [0.5, 0.6) is 0 Å². The lowest BCUT2D eigenvalue weighted by molar-refractivity contribution is 0.252. The van der Waals surface area contributed by atoms with Crippen LogP contribution < -0.4 is 10.2 Å². The fraction of sp³-hybridized carbons (Fsp3) is 0.231. The third kappa shape index (κ3) is 1.56. The minimum Gasteiger partial charge on any atom is -0.336 e. The lowest BCUT2D eigenvalue weighted by Crippen LogP contribution is -2.32. The highest BCUT2D eigenvalue weighted by Gasteiger charge is 2.31. The Bertz CT molecular complexity index is 830. The highest BCUT2D eigenvalue weighted by atomic mass is 32.1. The Labute approximate surface area is 118 Å². The standard InChI is InChI=1S/C13H11N5OS/c1-7-6-16-12(19)18(7)13-17-11-9(20-13)3-2-8-10(11)15-5-4-14-8/h2-5,7H,6H2,1H3,(H,16,19). The number of hydrogen-bond donors (Lipinski definition) is 1. The van der Waals surface area contributed by atoms with Crippen molar-refractivity contribution >= 4 is 43.7 Å². The number of anilines is 1. The van der Waals surface area contributed by atoms with Gasteiger partial charge in [-0.15, -0.1) is 0 Å². The summed E-state index contributed by atoms with van der Waals surface area (Å²) in [7, 11) is 0. The number of nitrogens with zero attached hydrogens (tertiary/aromatic N) is 4. The van der Waals surface area contributed by atoms with Crippen LogP contribution in [0, 0.1) is 0 Å². The zero-order valence-electron chi connectivity index (χ0n) is 10.7. The highest BCUT2D eigenvalue weighted by molar-refractivity contribution is 7.22. The van der Waals surface area contributed by atoms with Crippen LogP contribution >= 0.6 is 11.3 Å². The molecule has 0 saturated carbocycles. The van der Waals surface area contributed by atoms with Crippen molar-refractivity contribution < 1.29 is 4.79 Å². The van der Waals surface area contributed by atoms with Crippen LogP contribution in [0.25, 0.3) is 21.3 Å². The fourth-order valence-corrected chi connectivity index (χ4v) is 3.47. The van der Waals surface area contributed by atoms with E-state index < -0.39 is 0 Å². The van der Waals surface area contributed by atoms with Crippen molar-refractivity contribution in [3.8, 4) is 0 Å². The zero-order chi connectivity index (χ0) is 13.7. The summed E-state index contributed by atoms with van der Waals surface area (Å²) in [6.07, 6.45) is 3.32. The van der Waals surface area contributed by atoms with Crippen LogP contribution in [0.4, 0.5) is 9.93 Å². The summed E-state index contributed by atoms with van der Waals surface area (Å²) in [6, 6.07) is 3.93. The molecule has 100 valence electrons. The molecule has 0 radical (unpaired) electrons. The summed E-state index contributed by atoms with van der Waals surface area (Å²) in [6.45, 7) is 2.65. The molecule has 1 aliphatic rings. The second-order valence-electron chi connectivity index (χ2n) is 4.74. The summed E-state index contributed by atoms with van der Waals surface area (Å²) in [5.74, 6) is 0. The van der Waals surface area contributed by atoms with Crippen LogP contribution in [0.3, 0.4) is 0 Å². The second-order valence-corrected chi connectivity index (χ2v) is 5.75. The summed E-state index contributed by atoms with van der Waals surface area (Å²) in [5, 5.41) is 3.53. The molecule has 1 aliphatic heterocycles. The van der Waals surface area contributed by atoms with E-state index in [9.17, 15) is 4.79 Å². The predicted octanol–water partition coefficient (Wildman–Crippen LogP) is 2.16. The average molecular weight is 285 g/mol. The molecule has 2 amide bonds. The van der Waals surface area contributed by atoms with E-state index in [1.165, 1.54) is 11.3 Å². The van der Waals surface area contributed by atoms with Crippen LogP contribution in [0.2, 0.25) is 0 Å². The lowest BCUT2D eigenvalue weighted by Gasteiger charge is -2.15. The normalized spacial score (nSPS) is 18.9. The van der Waals surface area contributed by atoms with Gasteiger partial charge in [-0.1, -0.05) is 11.3 Å². The van der Waals surface area contributed by atoms with Crippen molar-refractivity contribution in [2.75, 3.05) is 11.4 Å². The maximum Gasteiger partial charge on any atom is 0.324 e. The first-order valence-corrected chi connectivity index (χ1v) is 7.13. The first-order valence-electron chi connectivity index (χ1n) is 6.31. The van der Waals surface area contributed by atoms with Crippen molar-refractivity contribution in [2.24, 2.45) is 0 Å². The Morgan fingerprint density at radius 1 is 1.30 bits per heavy atom. The number of amides is 2. The Hall–Kier alpha value is -2.28. The van der Waals surface area contributed by atoms with Gasteiger partial charge in [0.15, 0.2) is 5.13 Å². The number of thiazole rings is 1. The molecular weight excluding hydrogens is 274 g/mol. The highest BCUT2D eigenvalue weighted by Crippen LogP contribution is 2.33. The molecule has 1 aromatic carbocycles. The van der Waals surface area contributed by atoms with E-state index in [0.29, 0.717) is 11.7 Å². The van der Waals surface area contributed by atoms with Gasteiger partial charge < -0.3 is 5.32 Å². The number of rotatable bonds is 1. The average Bonchev–Trinajstić information content (AvgIpc) is 3.02. The van der Waals surface area contributed by atoms with E-state index >= 15 is 0 Å². The summed E-state index contributed by atoms with van der Waals surface area (Å²) >= 11 is 1.50. The number of hydrogen-bond acceptors (Lipinski definition) is 5. The van der Waals surface area contributed by atoms with Gasteiger partial charge in [0.05, 0.1) is 16.3 Å². The van der Waals surface area contributed by atoms with Crippen LogP contribution in [-0.4, -0.2) is 33.6 Å². The Kier molecular flexibility index (Phi) is 2.37. The van der Waals surface area contributed by atoms with Crippen molar-refractivity contribution in [3.63, 3.8) is 0 Å². The summed E-state index contributed by atoms with van der Waals surface area (Å²) in [5.41, 5.74) is 2.40. The molecule has 3 aromatic rings. The quantitative estimate of drug-likeness (QED) is 0.743. The SMILES string of the molecule is CC1CNC(=O)N1c1nc2c(ccc3nccnc32)s1. The van der Waals surface area contributed by atoms with E-state index in [2.05, 4.69) is 20.3 Å². The van der Waals surface area contributed by atoms with Gasteiger partial charge in [0, 0.05) is 18.9 Å². The maximum absolute atomic E-state index is 11.9. The Morgan fingerprint density at radius 2 is 2.15 bits per heavy atom. The number of nitrogens with one attached hydrogen (secondary N) is 1. The maximum atomic E-state index is 11.9. The van der Waals surface area contributed by atoms with E-state index in [1.54, 1.807) is 17.3 Å². The largest absolute Gasteiger partial charge is 0.336 e. The minimum absolute atomic E-state index is 0.0908. The first kappa shape index (κ1) is 11.5. The first-order chi connectivity index (χ1) is 9.74. The van der Waals surface area contributed by atoms with E-state index in [0.717, 1.165) is 21.3 Å². The molecule has 3 heterocycles. The molecule has 0 spiro atoms. The Balaban J connectivity index is 1.94. The molecular formula is C13H11N5OS. The van der Waals surface area contributed by atoms with Gasteiger partial charge in [0.2, 0.25) is 0 Å². The molecule has 2 aromatic heterocycles. The number of carbonyl (C=O) groups excluding carboxylic acids is 1. The molecule has 0 bridgehead atoms. The van der Waals surface area contributed by atoms with E-state index in [4.69, 9.17) is 0 Å². The van der Waals surface area contributed by atoms with Gasteiger partial charge in [-0.2, -0.15) is 0 Å².